The van der Waals surface area contributed by atoms with Crippen LogP contribution in [0.4, 0.5) is 10.1 Å². The third kappa shape index (κ3) is 7.33. The van der Waals surface area contributed by atoms with E-state index in [-0.39, 0.29) is 35.4 Å². The van der Waals surface area contributed by atoms with Crippen LogP contribution < -0.4 is 20.2 Å². The summed E-state index contributed by atoms with van der Waals surface area (Å²) in [4.78, 5) is 24.0. The van der Waals surface area contributed by atoms with Crippen LogP contribution in [0.5, 0.6) is 11.5 Å². The molecule has 0 atom stereocenters. The maximum absolute atomic E-state index is 13.6. The fourth-order valence-corrected chi connectivity index (χ4v) is 3.04. The lowest BCUT2D eigenvalue weighted by Gasteiger charge is -2.09. The van der Waals surface area contributed by atoms with Gasteiger partial charge in [0.2, 0.25) is 5.91 Å². The molecule has 3 aromatic rings. The van der Waals surface area contributed by atoms with Crippen LogP contribution in [-0.4, -0.2) is 31.7 Å². The zero-order valence-electron chi connectivity index (χ0n) is 17.7. The number of ether oxygens (including phenoxy) is 2. The first kappa shape index (κ1) is 23.7. The fraction of sp³-hybridized carbons (Fsp3) is 0.125. The van der Waals surface area contributed by atoms with Crippen LogP contribution in [0.3, 0.4) is 0 Å². The summed E-state index contributed by atoms with van der Waals surface area (Å²) < 4.78 is 24.1. The van der Waals surface area contributed by atoms with Crippen LogP contribution in [0.1, 0.15) is 11.1 Å². The summed E-state index contributed by atoms with van der Waals surface area (Å²) >= 11 is 6.20. The van der Waals surface area contributed by atoms with Crippen molar-refractivity contribution in [1.29, 1.82) is 0 Å². The van der Waals surface area contributed by atoms with E-state index < -0.39 is 11.7 Å². The molecular weight excluding hydrogens is 449 g/mol. The van der Waals surface area contributed by atoms with Crippen LogP contribution in [0.15, 0.2) is 71.8 Å². The second kappa shape index (κ2) is 11.6. The number of anilines is 1. The van der Waals surface area contributed by atoms with Gasteiger partial charge < -0.3 is 14.8 Å². The van der Waals surface area contributed by atoms with E-state index in [0.717, 1.165) is 5.56 Å². The lowest BCUT2D eigenvalue weighted by atomic mass is 10.1. The standard InChI is InChI=1S/C24H21ClFN3O4/c1-32-18-6-4-5-16(11-18)13-23(30)29-27-14-17-9-10-22(19(25)12-17)33-15-24(31)28-21-8-3-2-7-20(21)26/h2-12,14H,13,15H2,1H3,(H,28,31)(H,29,30). The Kier molecular flexibility index (Phi) is 8.37. The highest BCUT2D eigenvalue weighted by molar-refractivity contribution is 6.32. The lowest BCUT2D eigenvalue weighted by molar-refractivity contribution is -0.120. The van der Waals surface area contributed by atoms with Crippen molar-refractivity contribution in [1.82, 2.24) is 5.43 Å². The molecule has 9 heteroatoms. The molecule has 0 aliphatic carbocycles. The summed E-state index contributed by atoms with van der Waals surface area (Å²) in [5.41, 5.74) is 3.93. The molecule has 33 heavy (non-hydrogen) atoms. The highest BCUT2D eigenvalue weighted by Crippen LogP contribution is 2.25. The Morgan fingerprint density at radius 3 is 2.64 bits per heavy atom. The van der Waals surface area contributed by atoms with E-state index >= 15 is 0 Å². The van der Waals surface area contributed by atoms with Crippen molar-refractivity contribution in [2.75, 3.05) is 19.0 Å². The number of nitrogens with one attached hydrogen (secondary N) is 2. The van der Waals surface area contributed by atoms with Gasteiger partial charge in [-0.3, -0.25) is 9.59 Å². The zero-order valence-corrected chi connectivity index (χ0v) is 18.4. The minimum absolute atomic E-state index is 0.0669. The van der Waals surface area contributed by atoms with Crippen molar-refractivity contribution >= 4 is 35.3 Å². The Morgan fingerprint density at radius 2 is 1.88 bits per heavy atom. The van der Waals surface area contributed by atoms with Gasteiger partial charge in [-0.1, -0.05) is 35.9 Å². The van der Waals surface area contributed by atoms with E-state index in [1.54, 1.807) is 49.6 Å². The number of rotatable bonds is 9. The van der Waals surface area contributed by atoms with Crippen LogP contribution in [0.2, 0.25) is 5.02 Å². The summed E-state index contributed by atoms with van der Waals surface area (Å²) in [6.45, 7) is -0.345. The van der Waals surface area contributed by atoms with Gasteiger partial charge in [0.25, 0.3) is 5.91 Å². The number of benzene rings is 3. The molecule has 0 unspecified atom stereocenters. The van der Waals surface area contributed by atoms with Gasteiger partial charge in [-0.2, -0.15) is 5.10 Å². The van der Waals surface area contributed by atoms with Crippen LogP contribution in [0.25, 0.3) is 0 Å². The van der Waals surface area contributed by atoms with Gasteiger partial charge in [0.15, 0.2) is 6.61 Å². The Hall–Kier alpha value is -3.91. The molecule has 0 aliphatic rings. The highest BCUT2D eigenvalue weighted by Gasteiger charge is 2.09. The zero-order chi connectivity index (χ0) is 23.6. The molecule has 0 heterocycles. The lowest BCUT2D eigenvalue weighted by Crippen LogP contribution is -2.21. The summed E-state index contributed by atoms with van der Waals surface area (Å²) in [5.74, 6) is -0.403. The number of hydrazone groups is 1. The van der Waals surface area contributed by atoms with Crippen molar-refractivity contribution in [2.24, 2.45) is 5.10 Å². The maximum atomic E-state index is 13.6. The number of carbonyl (C=O) groups excluding carboxylic acids is 2. The molecule has 0 saturated carbocycles. The Bertz CT molecular complexity index is 1170. The van der Waals surface area contributed by atoms with Crippen LogP contribution in [0, 0.1) is 5.82 Å². The number of carbonyl (C=O) groups is 2. The van der Waals surface area contributed by atoms with Crippen molar-refractivity contribution < 1.29 is 23.5 Å². The van der Waals surface area contributed by atoms with Crippen molar-refractivity contribution in [3.05, 3.63) is 88.7 Å². The smallest absolute Gasteiger partial charge is 0.262 e. The molecule has 2 amide bonds. The normalized spacial score (nSPS) is 10.6. The average Bonchev–Trinajstić information content (AvgIpc) is 2.80. The van der Waals surface area contributed by atoms with Gasteiger partial charge in [-0.25, -0.2) is 9.82 Å². The molecule has 0 aromatic heterocycles. The van der Waals surface area contributed by atoms with Gasteiger partial charge in [0.1, 0.15) is 17.3 Å². The number of methoxy groups -OCH3 is 1. The number of para-hydroxylation sites is 1. The minimum atomic E-state index is -0.539. The molecule has 0 saturated heterocycles. The third-order valence-electron chi connectivity index (χ3n) is 4.36. The number of amides is 2. The molecule has 7 nitrogen and oxygen atoms in total. The van der Waals surface area contributed by atoms with Gasteiger partial charge in [-0.05, 0) is 53.6 Å². The molecule has 170 valence electrons. The fourth-order valence-electron chi connectivity index (χ4n) is 2.79. The summed E-state index contributed by atoms with van der Waals surface area (Å²) in [6.07, 6.45) is 1.58. The topological polar surface area (TPSA) is 89.0 Å². The van der Waals surface area contributed by atoms with Crippen LogP contribution in [-0.2, 0) is 16.0 Å². The largest absolute Gasteiger partial charge is 0.497 e. The molecule has 3 rings (SSSR count). The molecule has 0 bridgehead atoms. The van der Waals surface area contributed by atoms with Gasteiger partial charge in [0.05, 0.1) is 30.5 Å². The first-order chi connectivity index (χ1) is 15.9. The number of hydrogen-bond donors (Lipinski definition) is 2. The maximum Gasteiger partial charge on any atom is 0.262 e. The molecule has 0 spiro atoms. The highest BCUT2D eigenvalue weighted by atomic mass is 35.5. The second-order valence-electron chi connectivity index (χ2n) is 6.83. The number of halogens is 2. The Balaban J connectivity index is 1.49. The summed E-state index contributed by atoms with van der Waals surface area (Å²) in [6, 6.07) is 17.8. The van der Waals surface area contributed by atoms with E-state index in [1.165, 1.54) is 24.4 Å². The van der Waals surface area contributed by atoms with E-state index in [4.69, 9.17) is 21.1 Å². The predicted octanol–water partition coefficient (Wildman–Crippen LogP) is 4.20. The van der Waals surface area contributed by atoms with E-state index in [2.05, 4.69) is 15.8 Å². The summed E-state index contributed by atoms with van der Waals surface area (Å²) in [7, 11) is 1.56. The molecule has 0 fully saturated rings. The van der Waals surface area contributed by atoms with E-state index in [1.807, 2.05) is 6.07 Å². The van der Waals surface area contributed by atoms with Gasteiger partial charge in [-0.15, -0.1) is 0 Å². The number of nitrogens with zero attached hydrogens (tertiary/aromatic N) is 1. The molecule has 0 aliphatic heterocycles. The van der Waals surface area contributed by atoms with Crippen molar-refractivity contribution in [3.63, 3.8) is 0 Å². The Morgan fingerprint density at radius 1 is 1.06 bits per heavy atom. The predicted molar refractivity (Wildman–Crippen MR) is 124 cm³/mol. The molecular formula is C24H21ClFN3O4. The summed E-state index contributed by atoms with van der Waals surface area (Å²) in [5, 5.41) is 6.60. The first-order valence-electron chi connectivity index (χ1n) is 9.86. The monoisotopic (exact) mass is 469 g/mol. The first-order valence-corrected chi connectivity index (χ1v) is 10.2. The van der Waals surface area contributed by atoms with Gasteiger partial charge >= 0.3 is 0 Å². The van der Waals surface area contributed by atoms with Gasteiger partial charge in [0, 0.05) is 0 Å². The molecule has 3 aromatic carbocycles. The molecule has 2 N–H and O–H groups in total. The SMILES string of the molecule is COc1cccc(CC(=O)NN=Cc2ccc(OCC(=O)Nc3ccccc3F)c(Cl)c2)c1. The second-order valence-corrected chi connectivity index (χ2v) is 7.24. The quantitative estimate of drug-likeness (QED) is 0.363. The minimum Gasteiger partial charge on any atom is -0.497 e. The molecule has 0 radical (unpaired) electrons. The van der Waals surface area contributed by atoms with E-state index in [0.29, 0.717) is 11.3 Å². The average molecular weight is 470 g/mol. The number of hydrogen-bond acceptors (Lipinski definition) is 5. The van der Waals surface area contributed by atoms with Crippen molar-refractivity contribution in [2.45, 2.75) is 6.42 Å². The Labute approximate surface area is 195 Å². The van der Waals surface area contributed by atoms with Crippen molar-refractivity contribution in [3.8, 4) is 11.5 Å². The third-order valence-corrected chi connectivity index (χ3v) is 4.66. The van der Waals surface area contributed by atoms with Crippen LogP contribution >= 0.6 is 11.6 Å². The van der Waals surface area contributed by atoms with E-state index in [9.17, 15) is 14.0 Å².